The summed E-state index contributed by atoms with van der Waals surface area (Å²) in [5.41, 5.74) is 3.09. The van der Waals surface area contributed by atoms with E-state index in [0.717, 1.165) is 16.9 Å². The Morgan fingerprint density at radius 2 is 2.05 bits per heavy atom. The lowest BCUT2D eigenvalue weighted by Crippen LogP contribution is -2.05. The number of esters is 1. The highest BCUT2D eigenvalue weighted by Crippen LogP contribution is 2.18. The number of aryl methyl sites for hydroxylation is 1. The zero-order valence-corrected chi connectivity index (χ0v) is 11.8. The second-order valence-electron chi connectivity index (χ2n) is 4.58. The summed E-state index contributed by atoms with van der Waals surface area (Å²) >= 11 is 0. The van der Waals surface area contributed by atoms with E-state index in [4.69, 9.17) is 5.11 Å². The van der Waals surface area contributed by atoms with Crippen LogP contribution in [0.15, 0.2) is 30.3 Å². The van der Waals surface area contributed by atoms with Crippen LogP contribution in [0.1, 0.15) is 32.1 Å². The molecule has 0 atom stereocenters. The van der Waals surface area contributed by atoms with Crippen molar-refractivity contribution >= 4 is 17.6 Å². The Morgan fingerprint density at radius 3 is 2.71 bits per heavy atom. The topological polar surface area (TPSA) is 91.4 Å². The molecular formula is C15H16N2O4. The van der Waals surface area contributed by atoms with E-state index in [1.807, 2.05) is 6.92 Å². The van der Waals surface area contributed by atoms with Gasteiger partial charge < -0.3 is 20.1 Å². The summed E-state index contributed by atoms with van der Waals surface area (Å²) in [5, 5.41) is 12.1. The summed E-state index contributed by atoms with van der Waals surface area (Å²) in [5.74, 6) is -1.39. The first kappa shape index (κ1) is 14.6. The Bertz CT molecular complexity index is 676. The molecule has 0 amide bonds. The summed E-state index contributed by atoms with van der Waals surface area (Å²) in [4.78, 5) is 25.2. The van der Waals surface area contributed by atoms with Gasteiger partial charge in [-0.25, -0.2) is 9.59 Å². The van der Waals surface area contributed by atoms with Crippen LogP contribution in [0.5, 0.6) is 0 Å². The van der Waals surface area contributed by atoms with Gasteiger partial charge in [0.1, 0.15) is 5.69 Å². The summed E-state index contributed by atoms with van der Waals surface area (Å²) in [6, 6.07) is 8.31. The molecule has 1 heterocycles. The molecule has 0 saturated heterocycles. The van der Waals surface area contributed by atoms with Gasteiger partial charge in [-0.15, -0.1) is 0 Å². The molecule has 2 rings (SSSR count). The Labute approximate surface area is 121 Å². The van der Waals surface area contributed by atoms with E-state index in [1.165, 1.54) is 7.11 Å². The molecule has 1 aromatic carbocycles. The highest BCUT2D eigenvalue weighted by atomic mass is 16.5. The van der Waals surface area contributed by atoms with Crippen LogP contribution >= 0.6 is 0 Å². The van der Waals surface area contributed by atoms with Gasteiger partial charge >= 0.3 is 11.9 Å². The maximum absolute atomic E-state index is 11.3. The van der Waals surface area contributed by atoms with Crippen molar-refractivity contribution in [3.63, 3.8) is 0 Å². The van der Waals surface area contributed by atoms with Gasteiger partial charge in [-0.2, -0.15) is 0 Å². The van der Waals surface area contributed by atoms with Crippen molar-refractivity contribution in [1.82, 2.24) is 4.98 Å². The first-order valence-electron chi connectivity index (χ1n) is 6.35. The fourth-order valence-corrected chi connectivity index (χ4v) is 1.91. The van der Waals surface area contributed by atoms with Gasteiger partial charge in [-0.05, 0) is 36.8 Å². The largest absolute Gasteiger partial charge is 0.478 e. The van der Waals surface area contributed by atoms with Crippen LogP contribution in [0.4, 0.5) is 5.69 Å². The number of aromatic amines is 1. The Kier molecular flexibility index (Phi) is 4.27. The van der Waals surface area contributed by atoms with Gasteiger partial charge in [0, 0.05) is 11.4 Å². The van der Waals surface area contributed by atoms with Crippen molar-refractivity contribution in [3.8, 4) is 0 Å². The van der Waals surface area contributed by atoms with Crippen LogP contribution in [0.25, 0.3) is 0 Å². The van der Waals surface area contributed by atoms with Crippen molar-refractivity contribution in [1.29, 1.82) is 0 Å². The molecule has 0 spiro atoms. The van der Waals surface area contributed by atoms with E-state index in [2.05, 4.69) is 15.0 Å². The van der Waals surface area contributed by atoms with E-state index in [-0.39, 0.29) is 5.56 Å². The summed E-state index contributed by atoms with van der Waals surface area (Å²) in [7, 11) is 1.32. The van der Waals surface area contributed by atoms with Gasteiger partial charge in [0.15, 0.2) is 0 Å². The number of nitrogens with one attached hydrogen (secondary N) is 2. The maximum atomic E-state index is 11.3. The van der Waals surface area contributed by atoms with Gasteiger partial charge in [0.2, 0.25) is 0 Å². The van der Waals surface area contributed by atoms with Crippen molar-refractivity contribution in [2.24, 2.45) is 0 Å². The molecule has 0 aliphatic rings. The van der Waals surface area contributed by atoms with E-state index in [9.17, 15) is 9.59 Å². The van der Waals surface area contributed by atoms with Gasteiger partial charge in [-0.3, -0.25) is 0 Å². The number of benzene rings is 1. The molecule has 0 bridgehead atoms. The number of ether oxygens (including phenoxy) is 1. The van der Waals surface area contributed by atoms with E-state index in [1.54, 1.807) is 30.3 Å². The molecular weight excluding hydrogens is 272 g/mol. The Hall–Kier alpha value is -2.76. The van der Waals surface area contributed by atoms with Crippen LogP contribution in [-0.4, -0.2) is 29.1 Å². The number of rotatable bonds is 5. The van der Waals surface area contributed by atoms with Crippen molar-refractivity contribution in [3.05, 3.63) is 52.8 Å². The zero-order valence-electron chi connectivity index (χ0n) is 11.8. The second-order valence-corrected chi connectivity index (χ2v) is 4.58. The molecule has 0 fully saturated rings. The van der Waals surface area contributed by atoms with Crippen LogP contribution in [0.3, 0.4) is 0 Å². The number of methoxy groups -OCH3 is 1. The molecule has 2 aromatic rings. The molecule has 0 aliphatic heterocycles. The van der Waals surface area contributed by atoms with Crippen molar-refractivity contribution < 1.29 is 19.4 Å². The predicted molar refractivity (Wildman–Crippen MR) is 77.6 cm³/mol. The average Bonchev–Trinajstić information content (AvgIpc) is 2.94. The number of carboxylic acid groups (broad SMARTS) is 1. The second kappa shape index (κ2) is 6.13. The minimum Gasteiger partial charge on any atom is -0.478 e. The zero-order chi connectivity index (χ0) is 15.4. The minimum atomic E-state index is -0.967. The summed E-state index contributed by atoms with van der Waals surface area (Å²) in [6.45, 7) is 2.34. The quantitative estimate of drug-likeness (QED) is 0.735. The van der Waals surface area contributed by atoms with Crippen LogP contribution in [0, 0.1) is 6.92 Å². The van der Waals surface area contributed by atoms with Crippen LogP contribution in [-0.2, 0) is 11.3 Å². The third kappa shape index (κ3) is 3.42. The number of hydrogen-bond acceptors (Lipinski definition) is 4. The molecule has 21 heavy (non-hydrogen) atoms. The van der Waals surface area contributed by atoms with Gasteiger partial charge in [0.05, 0.1) is 19.2 Å². The smallest absolute Gasteiger partial charge is 0.354 e. The third-order valence-corrected chi connectivity index (χ3v) is 3.11. The molecule has 0 aliphatic carbocycles. The van der Waals surface area contributed by atoms with Crippen LogP contribution < -0.4 is 5.32 Å². The molecule has 3 N–H and O–H groups in total. The normalized spacial score (nSPS) is 10.2. The first-order valence-corrected chi connectivity index (χ1v) is 6.35. The molecule has 0 radical (unpaired) electrons. The minimum absolute atomic E-state index is 0.227. The number of H-pyrrole nitrogens is 1. The molecule has 0 saturated carbocycles. The standard InChI is InChI=1S/C15H16N2O4/c1-9-3-4-10(14(18)19)7-13(9)16-8-11-5-6-12(17-11)15(20)21-2/h3-7,16-17H,8H2,1-2H3,(H,18,19). The van der Waals surface area contributed by atoms with Crippen LogP contribution in [0.2, 0.25) is 0 Å². The van der Waals surface area contributed by atoms with Gasteiger partial charge in [0.25, 0.3) is 0 Å². The molecule has 1 aromatic heterocycles. The lowest BCUT2D eigenvalue weighted by Gasteiger charge is -2.09. The Morgan fingerprint density at radius 1 is 1.29 bits per heavy atom. The fourth-order valence-electron chi connectivity index (χ4n) is 1.91. The number of carbonyl (C=O) groups excluding carboxylic acids is 1. The highest BCUT2D eigenvalue weighted by molar-refractivity contribution is 5.89. The number of aromatic nitrogens is 1. The first-order chi connectivity index (χ1) is 10.0. The lowest BCUT2D eigenvalue weighted by atomic mass is 10.1. The molecule has 6 heteroatoms. The third-order valence-electron chi connectivity index (χ3n) is 3.11. The molecule has 110 valence electrons. The molecule has 0 unspecified atom stereocenters. The number of anilines is 1. The maximum Gasteiger partial charge on any atom is 0.354 e. The predicted octanol–water partition coefficient (Wildman–Crippen LogP) is 2.42. The van der Waals surface area contributed by atoms with Gasteiger partial charge in [-0.1, -0.05) is 6.07 Å². The average molecular weight is 288 g/mol. The van der Waals surface area contributed by atoms with Crippen molar-refractivity contribution in [2.75, 3.05) is 12.4 Å². The van der Waals surface area contributed by atoms with E-state index >= 15 is 0 Å². The monoisotopic (exact) mass is 288 g/mol. The van der Waals surface area contributed by atoms with E-state index in [0.29, 0.717) is 12.2 Å². The Balaban J connectivity index is 2.09. The number of aromatic carboxylic acids is 1. The van der Waals surface area contributed by atoms with Crippen molar-refractivity contribution in [2.45, 2.75) is 13.5 Å². The number of hydrogen-bond donors (Lipinski definition) is 3. The number of carboxylic acids is 1. The fraction of sp³-hybridized carbons (Fsp3) is 0.200. The number of carbonyl (C=O) groups is 2. The SMILES string of the molecule is COC(=O)c1ccc(CNc2cc(C(=O)O)ccc2C)[nH]1. The van der Waals surface area contributed by atoms with E-state index < -0.39 is 11.9 Å². The summed E-state index contributed by atoms with van der Waals surface area (Å²) < 4.78 is 4.62. The highest BCUT2D eigenvalue weighted by Gasteiger charge is 2.09. The molecule has 6 nitrogen and oxygen atoms in total. The lowest BCUT2D eigenvalue weighted by molar-refractivity contribution is 0.0593. The summed E-state index contributed by atoms with van der Waals surface area (Å²) in [6.07, 6.45) is 0.